The molecule has 7 aromatic rings. The Morgan fingerprint density at radius 3 is 2.19 bits per heavy atom. The van der Waals surface area contributed by atoms with Crippen LogP contribution in [-0.4, -0.2) is 9.97 Å². The van der Waals surface area contributed by atoms with E-state index in [1.54, 1.807) is 0 Å². The van der Waals surface area contributed by atoms with Crippen LogP contribution in [0.15, 0.2) is 132 Å². The SMILES string of the molecule is CC(C)(c1ccccc1)c1ccnc(-c2[c-]cccc2)c1.[Ir].[c-]1cc2oc3ccccc3c2cc1-c1cc(CC2CCCC2)ccn1. The summed E-state index contributed by atoms with van der Waals surface area (Å²) in [5, 5.41) is 2.28. The van der Waals surface area contributed by atoms with Crippen LogP contribution in [0.2, 0.25) is 0 Å². The first-order valence-corrected chi connectivity index (χ1v) is 16.3. The van der Waals surface area contributed by atoms with Gasteiger partial charge in [-0.3, -0.25) is 0 Å². The van der Waals surface area contributed by atoms with Crippen molar-refractivity contribution in [3.63, 3.8) is 0 Å². The molecule has 0 amide bonds. The topological polar surface area (TPSA) is 38.9 Å². The standard InChI is InChI=1S/C23H20NO.C20H18N.Ir/c1-2-6-16(5-1)13-17-11-12-24-21(14-17)18-9-10-23-20(15-18)19-7-3-4-8-22(19)25-23;1-20(2,17-11-7-4-8-12-17)18-13-14-21-19(15-18)16-9-5-3-6-10-16;/h3-4,7-8,10-12,14-16H,1-2,5-6,13H2;3-9,11-15H,1-2H3;/q2*-1;. The van der Waals surface area contributed by atoms with Crippen LogP contribution < -0.4 is 0 Å². The zero-order valence-electron chi connectivity index (χ0n) is 26.9. The zero-order valence-corrected chi connectivity index (χ0v) is 29.3. The number of hydrogen-bond donors (Lipinski definition) is 0. The Morgan fingerprint density at radius 2 is 1.40 bits per heavy atom. The van der Waals surface area contributed by atoms with Crippen LogP contribution in [0.4, 0.5) is 0 Å². The minimum atomic E-state index is -0.0479. The predicted molar refractivity (Wildman–Crippen MR) is 189 cm³/mol. The van der Waals surface area contributed by atoms with Crippen LogP contribution in [0, 0.1) is 18.1 Å². The molecule has 1 radical (unpaired) electrons. The fourth-order valence-corrected chi connectivity index (χ4v) is 6.65. The number of nitrogens with zero attached hydrogens (tertiary/aromatic N) is 2. The van der Waals surface area contributed by atoms with E-state index in [9.17, 15) is 0 Å². The summed E-state index contributed by atoms with van der Waals surface area (Å²) in [7, 11) is 0. The number of pyridine rings is 2. The van der Waals surface area contributed by atoms with Crippen molar-refractivity contribution in [2.45, 2.75) is 51.4 Å². The minimum Gasteiger partial charge on any atom is -0.500 e. The largest absolute Gasteiger partial charge is 0.500 e. The van der Waals surface area contributed by atoms with E-state index in [4.69, 9.17) is 4.42 Å². The third kappa shape index (κ3) is 7.30. The maximum Gasteiger partial charge on any atom is 0.120 e. The quantitative estimate of drug-likeness (QED) is 0.158. The van der Waals surface area contributed by atoms with E-state index in [1.165, 1.54) is 48.8 Å². The van der Waals surface area contributed by atoms with Gasteiger partial charge in [-0.05, 0) is 53.1 Å². The van der Waals surface area contributed by atoms with Crippen molar-refractivity contribution in [3.8, 4) is 22.5 Å². The van der Waals surface area contributed by atoms with Gasteiger partial charge in [0.1, 0.15) is 5.58 Å². The van der Waals surface area contributed by atoms with Gasteiger partial charge in [-0.2, -0.15) is 0 Å². The van der Waals surface area contributed by atoms with Crippen molar-refractivity contribution >= 4 is 21.9 Å². The number of furan rings is 1. The van der Waals surface area contributed by atoms with Gasteiger partial charge in [-0.15, -0.1) is 59.7 Å². The number of para-hydroxylation sites is 1. The number of aromatic nitrogens is 2. The summed E-state index contributed by atoms with van der Waals surface area (Å²) < 4.78 is 5.90. The molecule has 8 rings (SSSR count). The number of hydrogen-bond acceptors (Lipinski definition) is 3. The first-order valence-electron chi connectivity index (χ1n) is 16.3. The molecular formula is C43H38IrN2O-2. The Bertz CT molecular complexity index is 2060. The second kappa shape index (κ2) is 14.6. The summed E-state index contributed by atoms with van der Waals surface area (Å²) in [6.45, 7) is 4.49. The molecule has 0 atom stereocenters. The molecule has 0 N–H and O–H groups in total. The van der Waals surface area contributed by atoms with Crippen molar-refractivity contribution in [3.05, 3.63) is 156 Å². The minimum absolute atomic E-state index is 0. The van der Waals surface area contributed by atoms with E-state index in [0.717, 1.165) is 50.4 Å². The van der Waals surface area contributed by atoms with Crippen LogP contribution in [-0.2, 0) is 31.9 Å². The fraction of sp³-hybridized carbons (Fsp3) is 0.209. The van der Waals surface area contributed by atoms with Gasteiger partial charge in [0.05, 0.1) is 5.58 Å². The smallest absolute Gasteiger partial charge is 0.120 e. The Balaban J connectivity index is 0.000000164. The molecule has 0 spiro atoms. The van der Waals surface area contributed by atoms with Crippen molar-refractivity contribution in [1.82, 2.24) is 9.97 Å². The summed E-state index contributed by atoms with van der Waals surface area (Å²) >= 11 is 0. The van der Waals surface area contributed by atoms with Crippen molar-refractivity contribution in [2.75, 3.05) is 0 Å². The van der Waals surface area contributed by atoms with E-state index in [1.807, 2.05) is 60.9 Å². The molecule has 237 valence electrons. The van der Waals surface area contributed by atoms with Crippen LogP contribution in [0.5, 0.6) is 0 Å². The number of rotatable bonds is 6. The van der Waals surface area contributed by atoms with Crippen molar-refractivity contribution in [1.29, 1.82) is 0 Å². The molecule has 4 heteroatoms. The molecule has 1 fully saturated rings. The third-order valence-electron chi connectivity index (χ3n) is 9.37. The van der Waals surface area contributed by atoms with E-state index in [2.05, 4.69) is 103 Å². The fourth-order valence-electron chi connectivity index (χ4n) is 6.65. The molecule has 0 saturated heterocycles. The van der Waals surface area contributed by atoms with Crippen molar-refractivity contribution in [2.24, 2.45) is 5.92 Å². The molecule has 1 aliphatic rings. The van der Waals surface area contributed by atoms with Gasteiger partial charge >= 0.3 is 0 Å². The van der Waals surface area contributed by atoms with E-state index >= 15 is 0 Å². The molecule has 0 bridgehead atoms. The Morgan fingerprint density at radius 1 is 0.681 bits per heavy atom. The van der Waals surface area contributed by atoms with Gasteiger partial charge in [0.2, 0.25) is 0 Å². The van der Waals surface area contributed by atoms with Gasteiger partial charge in [0.25, 0.3) is 0 Å². The monoisotopic (exact) mass is 791 g/mol. The maximum absolute atomic E-state index is 5.90. The zero-order chi connectivity index (χ0) is 31.3. The first kappa shape index (κ1) is 32.6. The molecule has 3 nitrogen and oxygen atoms in total. The number of benzene rings is 4. The van der Waals surface area contributed by atoms with Gasteiger partial charge in [0, 0.05) is 43.3 Å². The molecule has 0 aliphatic heterocycles. The number of fused-ring (bicyclic) bond motifs is 3. The van der Waals surface area contributed by atoms with Gasteiger partial charge < -0.3 is 14.4 Å². The first-order chi connectivity index (χ1) is 22.5. The molecule has 1 saturated carbocycles. The summed E-state index contributed by atoms with van der Waals surface area (Å²) in [6, 6.07) is 46.0. The van der Waals surface area contributed by atoms with E-state index < -0.39 is 0 Å². The Labute approximate surface area is 291 Å². The predicted octanol–water partition coefficient (Wildman–Crippen LogP) is 11.1. The van der Waals surface area contributed by atoms with Gasteiger partial charge in [-0.1, -0.05) is 111 Å². The van der Waals surface area contributed by atoms with E-state index in [0.29, 0.717) is 0 Å². The second-order valence-corrected chi connectivity index (χ2v) is 12.8. The summed E-state index contributed by atoms with van der Waals surface area (Å²) in [6.07, 6.45) is 10.5. The summed E-state index contributed by atoms with van der Waals surface area (Å²) in [5.74, 6) is 0.847. The third-order valence-corrected chi connectivity index (χ3v) is 9.37. The maximum atomic E-state index is 5.90. The Hall–Kier alpha value is -4.37. The average Bonchev–Trinajstić information content (AvgIpc) is 3.77. The van der Waals surface area contributed by atoms with Gasteiger partial charge in [-0.25, -0.2) is 0 Å². The van der Waals surface area contributed by atoms with Crippen LogP contribution in [0.3, 0.4) is 0 Å². The molecule has 47 heavy (non-hydrogen) atoms. The summed E-state index contributed by atoms with van der Waals surface area (Å²) in [5.41, 5.74) is 9.75. The normalized spacial score (nSPS) is 13.2. The summed E-state index contributed by atoms with van der Waals surface area (Å²) in [4.78, 5) is 9.08. The van der Waals surface area contributed by atoms with E-state index in [-0.39, 0.29) is 25.5 Å². The van der Waals surface area contributed by atoms with Gasteiger partial charge in [0.15, 0.2) is 0 Å². The molecule has 0 unspecified atom stereocenters. The van der Waals surface area contributed by atoms with Crippen LogP contribution in [0.25, 0.3) is 44.5 Å². The van der Waals surface area contributed by atoms with Crippen molar-refractivity contribution < 1.29 is 24.5 Å². The van der Waals surface area contributed by atoms with Crippen LogP contribution in [0.1, 0.15) is 56.2 Å². The Kier molecular flexibility index (Phi) is 10.1. The second-order valence-electron chi connectivity index (χ2n) is 12.8. The average molecular weight is 791 g/mol. The van der Waals surface area contributed by atoms with Crippen LogP contribution >= 0.6 is 0 Å². The molecule has 3 aromatic heterocycles. The molecule has 1 aliphatic carbocycles. The molecule has 4 aromatic carbocycles. The molecule has 3 heterocycles. The molecular weight excluding hydrogens is 753 g/mol.